The molecule has 1 aromatic heterocycles. The van der Waals surface area contributed by atoms with E-state index in [2.05, 4.69) is 15.3 Å². The van der Waals surface area contributed by atoms with E-state index in [9.17, 15) is 13.2 Å². The average Bonchev–Trinajstić information content (AvgIpc) is 2.46. The maximum Gasteiger partial charge on any atom is 0.416 e. The normalized spacial score (nSPS) is 12.4. The van der Waals surface area contributed by atoms with Crippen LogP contribution in [-0.4, -0.2) is 9.97 Å². The van der Waals surface area contributed by atoms with Crippen molar-refractivity contribution < 1.29 is 13.2 Å². The minimum Gasteiger partial charge on any atom is -0.309 e. The molecule has 1 heterocycles. The quantitative estimate of drug-likeness (QED) is 0.921. The van der Waals surface area contributed by atoms with Crippen LogP contribution < -0.4 is 5.32 Å². The van der Waals surface area contributed by atoms with Crippen LogP contribution in [0.15, 0.2) is 36.7 Å². The summed E-state index contributed by atoms with van der Waals surface area (Å²) in [4.78, 5) is 8.64. The van der Waals surface area contributed by atoms with Gasteiger partial charge in [0.2, 0.25) is 0 Å². The first kappa shape index (κ1) is 17.4. The Kier molecular flexibility index (Phi) is 5.04. The molecule has 2 rings (SSSR count). The summed E-state index contributed by atoms with van der Waals surface area (Å²) in [5, 5.41) is 3.11. The molecule has 0 saturated carbocycles. The smallest absolute Gasteiger partial charge is 0.309 e. The molecule has 2 aromatic rings. The molecule has 0 atom stereocenters. The lowest BCUT2D eigenvalue weighted by atomic mass is 9.96. The van der Waals surface area contributed by atoms with Crippen LogP contribution >= 0.6 is 0 Å². The van der Waals surface area contributed by atoms with Gasteiger partial charge in [-0.3, -0.25) is 0 Å². The third kappa shape index (κ3) is 5.03. The van der Waals surface area contributed by atoms with Crippen molar-refractivity contribution in [3.8, 4) is 0 Å². The second-order valence-electron chi connectivity index (χ2n) is 6.47. The largest absolute Gasteiger partial charge is 0.416 e. The van der Waals surface area contributed by atoms with Crippen molar-refractivity contribution in [2.45, 2.75) is 45.5 Å². The van der Waals surface area contributed by atoms with Crippen LogP contribution in [0.4, 0.5) is 13.2 Å². The van der Waals surface area contributed by atoms with Gasteiger partial charge in [-0.25, -0.2) is 9.97 Å². The zero-order valence-electron chi connectivity index (χ0n) is 13.4. The summed E-state index contributed by atoms with van der Waals surface area (Å²) in [6.45, 7) is 6.96. The van der Waals surface area contributed by atoms with Gasteiger partial charge >= 0.3 is 6.18 Å². The van der Waals surface area contributed by atoms with Crippen LogP contribution in [0, 0.1) is 0 Å². The molecule has 1 aromatic carbocycles. The first-order valence-corrected chi connectivity index (χ1v) is 7.34. The molecule has 1 N–H and O–H groups in total. The lowest BCUT2D eigenvalue weighted by Gasteiger charge is -2.16. The molecule has 0 spiro atoms. The Morgan fingerprint density at radius 3 is 2.13 bits per heavy atom. The van der Waals surface area contributed by atoms with Crippen molar-refractivity contribution in [2.24, 2.45) is 0 Å². The third-order valence-corrected chi connectivity index (χ3v) is 3.29. The van der Waals surface area contributed by atoms with E-state index >= 15 is 0 Å². The van der Waals surface area contributed by atoms with E-state index in [4.69, 9.17) is 0 Å². The molecule has 0 fully saturated rings. The van der Waals surface area contributed by atoms with Crippen molar-refractivity contribution in [3.05, 3.63) is 59.2 Å². The lowest BCUT2D eigenvalue weighted by Crippen LogP contribution is -2.18. The highest BCUT2D eigenvalue weighted by Gasteiger charge is 2.30. The fraction of sp³-hybridized carbons (Fsp3) is 0.412. The minimum atomic E-state index is -4.31. The molecular weight excluding hydrogens is 303 g/mol. The van der Waals surface area contributed by atoms with Gasteiger partial charge < -0.3 is 5.32 Å². The third-order valence-electron chi connectivity index (χ3n) is 3.29. The van der Waals surface area contributed by atoms with E-state index in [-0.39, 0.29) is 5.41 Å². The molecule has 0 saturated heterocycles. The van der Waals surface area contributed by atoms with Crippen LogP contribution in [0.1, 0.15) is 43.3 Å². The Hall–Kier alpha value is -1.95. The van der Waals surface area contributed by atoms with E-state index in [0.29, 0.717) is 18.7 Å². The zero-order valence-corrected chi connectivity index (χ0v) is 13.4. The number of alkyl halides is 3. The van der Waals surface area contributed by atoms with Crippen molar-refractivity contribution in [2.75, 3.05) is 0 Å². The summed E-state index contributed by atoms with van der Waals surface area (Å²) >= 11 is 0. The standard InChI is InChI=1S/C17H20F3N3/c1-16(2,3)15-22-10-13(11-23-15)9-21-8-12-5-4-6-14(7-12)17(18,19)20/h4-7,10-11,21H,8-9H2,1-3H3. The molecule has 0 aliphatic rings. The lowest BCUT2D eigenvalue weighted by molar-refractivity contribution is -0.137. The topological polar surface area (TPSA) is 37.8 Å². The van der Waals surface area contributed by atoms with Gasteiger partial charge in [0.05, 0.1) is 5.56 Å². The Labute approximate surface area is 134 Å². The summed E-state index contributed by atoms with van der Waals surface area (Å²) in [5.74, 6) is 0.763. The molecule has 0 bridgehead atoms. The van der Waals surface area contributed by atoms with E-state index in [0.717, 1.165) is 23.5 Å². The first-order chi connectivity index (χ1) is 10.7. The summed E-state index contributed by atoms with van der Waals surface area (Å²) in [5.41, 5.74) is 0.746. The predicted molar refractivity (Wildman–Crippen MR) is 82.7 cm³/mol. The molecule has 0 aliphatic heterocycles. The molecule has 0 radical (unpaired) electrons. The fourth-order valence-corrected chi connectivity index (χ4v) is 2.04. The van der Waals surface area contributed by atoms with E-state index < -0.39 is 11.7 Å². The van der Waals surface area contributed by atoms with Crippen LogP contribution in [0.3, 0.4) is 0 Å². The fourth-order valence-electron chi connectivity index (χ4n) is 2.04. The maximum absolute atomic E-state index is 12.7. The second-order valence-corrected chi connectivity index (χ2v) is 6.47. The summed E-state index contributed by atoms with van der Waals surface area (Å²) in [7, 11) is 0. The Balaban J connectivity index is 1.93. The van der Waals surface area contributed by atoms with E-state index in [1.807, 2.05) is 20.8 Å². The van der Waals surface area contributed by atoms with Crippen molar-refractivity contribution in [1.82, 2.24) is 15.3 Å². The van der Waals surface area contributed by atoms with Gasteiger partial charge in [-0.2, -0.15) is 13.2 Å². The molecule has 0 amide bonds. The molecule has 124 valence electrons. The van der Waals surface area contributed by atoms with Gasteiger partial charge in [0.15, 0.2) is 0 Å². The summed E-state index contributed by atoms with van der Waals surface area (Å²) in [6.07, 6.45) is -0.827. The van der Waals surface area contributed by atoms with Gasteiger partial charge in [-0.05, 0) is 11.6 Å². The van der Waals surface area contributed by atoms with Gasteiger partial charge in [0.1, 0.15) is 5.82 Å². The van der Waals surface area contributed by atoms with Gasteiger partial charge in [0, 0.05) is 36.5 Å². The SMILES string of the molecule is CC(C)(C)c1ncc(CNCc2cccc(C(F)(F)F)c2)cn1. The monoisotopic (exact) mass is 323 g/mol. The second kappa shape index (κ2) is 6.66. The van der Waals surface area contributed by atoms with Crippen molar-refractivity contribution in [3.63, 3.8) is 0 Å². The number of rotatable bonds is 4. The number of nitrogens with zero attached hydrogens (tertiary/aromatic N) is 2. The number of hydrogen-bond donors (Lipinski definition) is 1. The minimum absolute atomic E-state index is 0.107. The van der Waals surface area contributed by atoms with Crippen LogP contribution in [0.25, 0.3) is 0 Å². The average molecular weight is 323 g/mol. The number of benzene rings is 1. The predicted octanol–water partition coefficient (Wildman–Crippen LogP) is 4.08. The number of nitrogens with one attached hydrogen (secondary N) is 1. The van der Waals surface area contributed by atoms with E-state index in [1.54, 1.807) is 18.5 Å². The van der Waals surface area contributed by atoms with Crippen molar-refractivity contribution in [1.29, 1.82) is 0 Å². The van der Waals surface area contributed by atoms with Gasteiger partial charge in [-0.1, -0.05) is 39.0 Å². The zero-order chi connectivity index (χ0) is 17.1. The summed E-state index contributed by atoms with van der Waals surface area (Å²) in [6, 6.07) is 5.32. The number of halogens is 3. The van der Waals surface area contributed by atoms with Crippen LogP contribution in [0.2, 0.25) is 0 Å². The Morgan fingerprint density at radius 2 is 1.57 bits per heavy atom. The first-order valence-electron chi connectivity index (χ1n) is 7.34. The highest BCUT2D eigenvalue weighted by atomic mass is 19.4. The van der Waals surface area contributed by atoms with Gasteiger partial charge in [-0.15, -0.1) is 0 Å². The van der Waals surface area contributed by atoms with Gasteiger partial charge in [0.25, 0.3) is 0 Å². The Morgan fingerprint density at radius 1 is 0.957 bits per heavy atom. The Bertz CT molecular complexity index is 643. The van der Waals surface area contributed by atoms with Crippen molar-refractivity contribution >= 4 is 0 Å². The highest BCUT2D eigenvalue weighted by Crippen LogP contribution is 2.29. The molecule has 3 nitrogen and oxygen atoms in total. The van der Waals surface area contributed by atoms with E-state index in [1.165, 1.54) is 6.07 Å². The van der Waals surface area contributed by atoms with Crippen LogP contribution in [0.5, 0.6) is 0 Å². The molecule has 6 heteroatoms. The van der Waals surface area contributed by atoms with Crippen LogP contribution in [-0.2, 0) is 24.7 Å². The summed E-state index contributed by atoms with van der Waals surface area (Å²) < 4.78 is 38.0. The molecule has 0 unspecified atom stereocenters. The highest BCUT2D eigenvalue weighted by molar-refractivity contribution is 5.25. The molecule has 0 aliphatic carbocycles. The maximum atomic E-state index is 12.7. The number of aromatic nitrogens is 2. The molecular formula is C17H20F3N3. The number of hydrogen-bond acceptors (Lipinski definition) is 3. The molecule has 23 heavy (non-hydrogen) atoms.